The first kappa shape index (κ1) is 21.8. The number of nitrogens with zero attached hydrogens (tertiary/aromatic N) is 2. The van der Waals surface area contributed by atoms with Gasteiger partial charge in [0.25, 0.3) is 5.91 Å². The van der Waals surface area contributed by atoms with Crippen molar-refractivity contribution in [3.05, 3.63) is 65.6 Å². The van der Waals surface area contributed by atoms with E-state index in [1.807, 2.05) is 6.07 Å². The number of ether oxygens (including phenoxy) is 2. The van der Waals surface area contributed by atoms with Gasteiger partial charge in [-0.15, -0.1) is 0 Å². The first-order valence-corrected chi connectivity index (χ1v) is 9.24. The third-order valence-electron chi connectivity index (χ3n) is 4.18. The van der Waals surface area contributed by atoms with Crippen molar-refractivity contribution in [2.24, 2.45) is 0 Å². The van der Waals surface area contributed by atoms with E-state index in [0.717, 1.165) is 11.8 Å². The number of amides is 1. The molecule has 162 valence electrons. The van der Waals surface area contributed by atoms with Crippen LogP contribution in [0.5, 0.6) is 11.5 Å². The van der Waals surface area contributed by atoms with Crippen LogP contribution in [0.2, 0.25) is 0 Å². The number of anilines is 3. The average molecular weight is 427 g/mol. The fourth-order valence-corrected chi connectivity index (χ4v) is 2.65. The summed E-state index contributed by atoms with van der Waals surface area (Å²) >= 11 is 0. The van der Waals surface area contributed by atoms with E-state index < -0.39 is 5.82 Å². The molecule has 9 nitrogen and oxygen atoms in total. The molecule has 0 aliphatic heterocycles. The number of carbonyl (C=O) groups is 1. The van der Waals surface area contributed by atoms with Crippen LogP contribution in [0.3, 0.4) is 0 Å². The molecule has 0 aliphatic carbocycles. The summed E-state index contributed by atoms with van der Waals surface area (Å²) in [4.78, 5) is 25.1. The van der Waals surface area contributed by atoms with Crippen molar-refractivity contribution in [2.75, 3.05) is 32.1 Å². The molecule has 0 spiro atoms. The highest BCUT2D eigenvalue weighted by atomic mass is 19.1. The van der Waals surface area contributed by atoms with E-state index in [0.29, 0.717) is 22.7 Å². The molecule has 10 heteroatoms. The van der Waals surface area contributed by atoms with Gasteiger partial charge in [0.2, 0.25) is 5.95 Å². The van der Waals surface area contributed by atoms with Crippen LogP contribution < -0.4 is 25.6 Å². The highest BCUT2D eigenvalue weighted by molar-refractivity contribution is 5.94. The minimum Gasteiger partial charge on any atom is -0.497 e. The van der Waals surface area contributed by atoms with Crippen LogP contribution in [0.4, 0.5) is 21.8 Å². The molecule has 1 heterocycles. The Hall–Kier alpha value is -3.92. The predicted molar refractivity (Wildman–Crippen MR) is 113 cm³/mol. The molecule has 0 aliphatic rings. The minimum atomic E-state index is -0.648. The second-order valence-corrected chi connectivity index (χ2v) is 6.29. The van der Waals surface area contributed by atoms with E-state index >= 15 is 0 Å². The first-order valence-electron chi connectivity index (χ1n) is 9.24. The lowest BCUT2D eigenvalue weighted by molar-refractivity contribution is 0.0962. The second-order valence-electron chi connectivity index (χ2n) is 6.29. The van der Waals surface area contributed by atoms with Gasteiger partial charge in [0, 0.05) is 36.5 Å². The van der Waals surface area contributed by atoms with Crippen LogP contribution in [0, 0.1) is 5.82 Å². The van der Waals surface area contributed by atoms with E-state index in [1.165, 1.54) is 14.2 Å². The zero-order valence-electron chi connectivity index (χ0n) is 17.2. The summed E-state index contributed by atoms with van der Waals surface area (Å²) in [7, 11) is 4.60. The summed E-state index contributed by atoms with van der Waals surface area (Å²) in [6.07, 6.45) is 1.02. The van der Waals surface area contributed by atoms with Gasteiger partial charge in [-0.05, 0) is 17.7 Å². The summed E-state index contributed by atoms with van der Waals surface area (Å²) in [5.74, 6) is 0.236. The molecule has 3 N–H and O–H groups in total. The van der Waals surface area contributed by atoms with Gasteiger partial charge in [-0.25, -0.2) is 14.9 Å². The number of hydrogen-bond acceptors (Lipinski definition) is 8. The second kappa shape index (κ2) is 10.2. The Balaban J connectivity index is 1.67. The number of benzene rings is 2. The van der Waals surface area contributed by atoms with Crippen molar-refractivity contribution in [3.63, 3.8) is 0 Å². The standard InChI is InChI=1S/C21H22FN5O4/c1-23-20(28)14-6-4-5-13(7-14)12-31-27-21-24-11-18(22)19(26-21)25-15-8-16(29-2)10-17(9-15)30-3/h4-11H,12H2,1-3H3,(H,23,28)(H2,24,25,26,27). The summed E-state index contributed by atoms with van der Waals surface area (Å²) in [6.45, 7) is 0.140. The summed E-state index contributed by atoms with van der Waals surface area (Å²) in [5.41, 5.74) is 4.37. The van der Waals surface area contributed by atoms with E-state index in [1.54, 1.807) is 43.4 Å². The maximum absolute atomic E-state index is 14.2. The molecule has 0 saturated heterocycles. The number of aromatic nitrogens is 2. The van der Waals surface area contributed by atoms with Crippen LogP contribution in [-0.4, -0.2) is 37.1 Å². The molecular weight excluding hydrogens is 405 g/mol. The van der Waals surface area contributed by atoms with Gasteiger partial charge in [0.05, 0.1) is 27.0 Å². The summed E-state index contributed by atoms with van der Waals surface area (Å²) in [5, 5.41) is 5.43. The average Bonchev–Trinajstić information content (AvgIpc) is 2.80. The molecule has 0 unspecified atom stereocenters. The maximum atomic E-state index is 14.2. The Kier molecular flexibility index (Phi) is 7.17. The van der Waals surface area contributed by atoms with Crippen molar-refractivity contribution in [1.29, 1.82) is 0 Å². The summed E-state index contributed by atoms with van der Waals surface area (Å²) in [6, 6.07) is 12.0. The van der Waals surface area contributed by atoms with Crippen molar-refractivity contribution < 1.29 is 23.5 Å². The largest absolute Gasteiger partial charge is 0.497 e. The lowest BCUT2D eigenvalue weighted by Gasteiger charge is -2.12. The molecule has 0 atom stereocenters. The van der Waals surface area contributed by atoms with Gasteiger partial charge >= 0.3 is 0 Å². The molecule has 2 aromatic carbocycles. The summed E-state index contributed by atoms with van der Waals surface area (Å²) < 4.78 is 24.6. The number of rotatable bonds is 9. The lowest BCUT2D eigenvalue weighted by atomic mass is 10.1. The Morgan fingerprint density at radius 3 is 2.52 bits per heavy atom. The molecule has 3 rings (SSSR count). The van der Waals surface area contributed by atoms with Gasteiger partial charge in [0.15, 0.2) is 11.6 Å². The van der Waals surface area contributed by atoms with E-state index in [4.69, 9.17) is 14.3 Å². The molecule has 0 bridgehead atoms. The lowest BCUT2D eigenvalue weighted by Crippen LogP contribution is -2.17. The van der Waals surface area contributed by atoms with Gasteiger partial charge < -0.3 is 20.1 Å². The topological polar surface area (TPSA) is 107 Å². The maximum Gasteiger partial charge on any atom is 0.251 e. The number of carbonyl (C=O) groups excluding carboxylic acids is 1. The van der Waals surface area contributed by atoms with Gasteiger partial charge in [0.1, 0.15) is 11.5 Å². The van der Waals surface area contributed by atoms with Crippen molar-refractivity contribution in [1.82, 2.24) is 15.3 Å². The Morgan fingerprint density at radius 1 is 1.10 bits per heavy atom. The first-order chi connectivity index (χ1) is 15.0. The molecule has 3 aromatic rings. The Morgan fingerprint density at radius 2 is 1.84 bits per heavy atom. The van der Waals surface area contributed by atoms with E-state index in [-0.39, 0.29) is 24.3 Å². The third-order valence-corrected chi connectivity index (χ3v) is 4.18. The fraction of sp³-hybridized carbons (Fsp3) is 0.190. The monoisotopic (exact) mass is 427 g/mol. The van der Waals surface area contributed by atoms with Gasteiger partial charge in [-0.3, -0.25) is 9.63 Å². The molecule has 0 radical (unpaired) electrons. The highest BCUT2D eigenvalue weighted by Gasteiger charge is 2.10. The normalized spacial score (nSPS) is 10.3. The SMILES string of the molecule is CNC(=O)c1cccc(CONc2ncc(F)c(Nc3cc(OC)cc(OC)c3)n2)c1. The quantitative estimate of drug-likeness (QED) is 0.447. The van der Waals surface area contributed by atoms with E-state index in [2.05, 4.69) is 26.1 Å². The molecule has 1 aromatic heterocycles. The van der Waals surface area contributed by atoms with Crippen LogP contribution in [0.15, 0.2) is 48.7 Å². The molecule has 0 saturated carbocycles. The zero-order valence-corrected chi connectivity index (χ0v) is 17.2. The van der Waals surface area contributed by atoms with Gasteiger partial charge in [-0.1, -0.05) is 12.1 Å². The van der Waals surface area contributed by atoms with Crippen molar-refractivity contribution in [2.45, 2.75) is 6.61 Å². The van der Waals surface area contributed by atoms with Crippen LogP contribution >= 0.6 is 0 Å². The number of methoxy groups -OCH3 is 2. The van der Waals surface area contributed by atoms with Crippen molar-refractivity contribution >= 4 is 23.4 Å². The highest BCUT2D eigenvalue weighted by Crippen LogP contribution is 2.28. The molecule has 1 amide bonds. The molecule has 31 heavy (non-hydrogen) atoms. The van der Waals surface area contributed by atoms with Gasteiger partial charge in [-0.2, -0.15) is 4.98 Å². The molecular formula is C21H22FN5O4. The van der Waals surface area contributed by atoms with E-state index in [9.17, 15) is 9.18 Å². The number of nitrogens with one attached hydrogen (secondary N) is 3. The van der Waals surface area contributed by atoms with Crippen LogP contribution in [0.1, 0.15) is 15.9 Å². The Bertz CT molecular complexity index is 1040. The smallest absolute Gasteiger partial charge is 0.251 e. The fourth-order valence-electron chi connectivity index (χ4n) is 2.65. The third kappa shape index (κ3) is 5.80. The van der Waals surface area contributed by atoms with Crippen LogP contribution in [-0.2, 0) is 11.4 Å². The van der Waals surface area contributed by atoms with Crippen LogP contribution in [0.25, 0.3) is 0 Å². The van der Waals surface area contributed by atoms with Crippen molar-refractivity contribution in [3.8, 4) is 11.5 Å². The number of halogens is 1. The predicted octanol–water partition coefficient (Wildman–Crippen LogP) is 3.28. The number of hydrogen-bond donors (Lipinski definition) is 3. The molecule has 0 fully saturated rings. The zero-order chi connectivity index (χ0) is 22.2. The minimum absolute atomic E-state index is 0.0567. The Labute approximate surface area is 178 Å².